The van der Waals surface area contributed by atoms with Gasteiger partial charge in [0.05, 0.1) is 6.54 Å². The second-order valence-corrected chi connectivity index (χ2v) is 5.80. The highest BCUT2D eigenvalue weighted by Crippen LogP contribution is 2.23. The van der Waals surface area contributed by atoms with Crippen molar-refractivity contribution < 1.29 is 9.59 Å². The number of imide groups is 1. The van der Waals surface area contributed by atoms with Crippen LogP contribution >= 0.6 is 24.0 Å². The predicted octanol–water partition coefficient (Wildman–Crippen LogP) is 0.900. The van der Waals surface area contributed by atoms with Crippen molar-refractivity contribution in [3.8, 4) is 0 Å². The minimum absolute atomic E-state index is 0. The van der Waals surface area contributed by atoms with E-state index in [0.717, 1.165) is 24.7 Å². The van der Waals surface area contributed by atoms with Crippen molar-refractivity contribution in [3.05, 3.63) is 0 Å². The maximum absolute atomic E-state index is 11.4. The molecule has 22 heavy (non-hydrogen) atoms. The third-order valence-electron chi connectivity index (χ3n) is 4.15. The first-order valence-electron chi connectivity index (χ1n) is 7.65. The van der Waals surface area contributed by atoms with Gasteiger partial charge in [-0.3, -0.25) is 14.7 Å². The molecule has 0 radical (unpaired) electrons. The number of amides is 3. The molecule has 3 amide bonds. The Hall–Kier alpha value is -1.06. The molecule has 126 valence electrons. The summed E-state index contributed by atoms with van der Waals surface area (Å²) in [7, 11) is 1.73. The van der Waals surface area contributed by atoms with Gasteiger partial charge in [0.15, 0.2) is 5.96 Å². The number of nitrogens with zero attached hydrogens (tertiary/aromatic N) is 2. The fraction of sp³-hybridized carbons (Fsp3) is 0.786. The van der Waals surface area contributed by atoms with Gasteiger partial charge in [0, 0.05) is 26.2 Å². The van der Waals surface area contributed by atoms with Gasteiger partial charge in [-0.1, -0.05) is 6.92 Å². The van der Waals surface area contributed by atoms with Gasteiger partial charge in [-0.05, 0) is 31.6 Å². The number of halogens is 1. The van der Waals surface area contributed by atoms with Crippen LogP contribution in [0.2, 0.25) is 0 Å². The van der Waals surface area contributed by atoms with Crippen LogP contribution in [-0.2, 0) is 4.79 Å². The summed E-state index contributed by atoms with van der Waals surface area (Å²) in [6.45, 7) is 3.25. The molecule has 2 rings (SSSR count). The number of hydrogen-bond acceptors (Lipinski definition) is 3. The largest absolute Gasteiger partial charge is 0.355 e. The molecule has 0 atom stereocenters. The Labute approximate surface area is 148 Å². The molecule has 0 aromatic heterocycles. The van der Waals surface area contributed by atoms with Crippen LogP contribution in [0.15, 0.2) is 4.99 Å². The molecule has 2 fully saturated rings. The molecule has 2 aliphatic rings. The Kier molecular flexibility index (Phi) is 7.91. The van der Waals surface area contributed by atoms with Crippen molar-refractivity contribution in [2.75, 3.05) is 26.7 Å². The van der Waals surface area contributed by atoms with Gasteiger partial charge in [0.25, 0.3) is 0 Å². The molecule has 3 N–H and O–H groups in total. The van der Waals surface area contributed by atoms with Gasteiger partial charge in [-0.25, -0.2) is 4.79 Å². The third-order valence-corrected chi connectivity index (χ3v) is 4.15. The Morgan fingerprint density at radius 1 is 1.32 bits per heavy atom. The topological polar surface area (TPSA) is 85.8 Å². The first-order chi connectivity index (χ1) is 10.1. The molecule has 0 aromatic carbocycles. The zero-order valence-electron chi connectivity index (χ0n) is 13.2. The Bertz CT molecular complexity index is 405. The van der Waals surface area contributed by atoms with Crippen LogP contribution < -0.4 is 16.0 Å². The zero-order chi connectivity index (χ0) is 15.2. The molecule has 1 saturated heterocycles. The van der Waals surface area contributed by atoms with Gasteiger partial charge in [-0.2, -0.15) is 0 Å². The standard InChI is InChI=1S/C14H25N5O2.HI/c1-10-3-5-11(6-4-10)18-13(15-2)16-7-8-19-12(20)9-17-14(19)21;/h10-11H,3-9H2,1-2H3,(H,17,21)(H2,15,16,18);1H. The second kappa shape index (κ2) is 9.16. The number of aliphatic imine (C=N–C) groups is 1. The molecule has 0 spiro atoms. The van der Waals surface area contributed by atoms with Crippen LogP contribution in [0.4, 0.5) is 4.79 Å². The maximum Gasteiger partial charge on any atom is 0.324 e. The van der Waals surface area contributed by atoms with Crippen LogP contribution in [-0.4, -0.2) is 55.5 Å². The van der Waals surface area contributed by atoms with Gasteiger partial charge < -0.3 is 16.0 Å². The number of urea groups is 1. The molecule has 1 saturated carbocycles. The number of guanidine groups is 1. The highest BCUT2D eigenvalue weighted by molar-refractivity contribution is 14.0. The smallest absolute Gasteiger partial charge is 0.324 e. The van der Waals surface area contributed by atoms with Crippen molar-refractivity contribution in [2.24, 2.45) is 10.9 Å². The van der Waals surface area contributed by atoms with E-state index in [0.29, 0.717) is 19.1 Å². The van der Waals surface area contributed by atoms with E-state index in [4.69, 9.17) is 0 Å². The maximum atomic E-state index is 11.4. The summed E-state index contributed by atoms with van der Waals surface area (Å²) >= 11 is 0. The van der Waals surface area contributed by atoms with E-state index < -0.39 is 0 Å². The second-order valence-electron chi connectivity index (χ2n) is 5.80. The Balaban J connectivity index is 0.00000242. The van der Waals surface area contributed by atoms with E-state index in [-0.39, 0.29) is 42.5 Å². The Morgan fingerprint density at radius 2 is 2.00 bits per heavy atom. The molecule has 8 heteroatoms. The molecule has 1 heterocycles. The molecule has 0 bridgehead atoms. The van der Waals surface area contributed by atoms with Gasteiger partial charge in [0.2, 0.25) is 5.91 Å². The number of carbonyl (C=O) groups excluding carboxylic acids is 2. The average Bonchev–Trinajstić information content (AvgIpc) is 2.80. The lowest BCUT2D eigenvalue weighted by molar-refractivity contribution is -0.124. The van der Waals surface area contributed by atoms with Gasteiger partial charge >= 0.3 is 6.03 Å². The monoisotopic (exact) mass is 423 g/mol. The molecule has 7 nitrogen and oxygen atoms in total. The summed E-state index contributed by atoms with van der Waals surface area (Å²) in [5.74, 6) is 1.38. The van der Waals surface area contributed by atoms with Crippen LogP contribution in [0, 0.1) is 5.92 Å². The van der Waals surface area contributed by atoms with Gasteiger partial charge in [0.1, 0.15) is 0 Å². The van der Waals surface area contributed by atoms with E-state index in [9.17, 15) is 9.59 Å². The summed E-state index contributed by atoms with van der Waals surface area (Å²) in [6.07, 6.45) is 4.82. The lowest BCUT2D eigenvalue weighted by Crippen LogP contribution is -2.47. The first kappa shape index (κ1) is 19.0. The summed E-state index contributed by atoms with van der Waals surface area (Å²) in [6, 6.07) is 0.148. The van der Waals surface area contributed by atoms with Crippen LogP contribution in [0.25, 0.3) is 0 Å². The van der Waals surface area contributed by atoms with Crippen molar-refractivity contribution in [1.29, 1.82) is 0 Å². The summed E-state index contributed by atoms with van der Waals surface area (Å²) in [5.41, 5.74) is 0. The minimum Gasteiger partial charge on any atom is -0.355 e. The molecule has 0 aromatic rings. The normalized spacial score (nSPS) is 25.5. The van der Waals surface area contributed by atoms with Crippen molar-refractivity contribution in [1.82, 2.24) is 20.9 Å². The number of nitrogens with one attached hydrogen (secondary N) is 3. The first-order valence-corrected chi connectivity index (χ1v) is 7.65. The van der Waals surface area contributed by atoms with E-state index in [1.54, 1.807) is 7.05 Å². The number of hydrogen-bond donors (Lipinski definition) is 3. The lowest BCUT2D eigenvalue weighted by atomic mass is 9.87. The lowest BCUT2D eigenvalue weighted by Gasteiger charge is -2.28. The summed E-state index contributed by atoms with van der Waals surface area (Å²) in [4.78, 5) is 28.3. The number of rotatable bonds is 4. The molecule has 1 aliphatic carbocycles. The van der Waals surface area contributed by atoms with Crippen LogP contribution in [0.3, 0.4) is 0 Å². The fourth-order valence-electron chi connectivity index (χ4n) is 2.76. The van der Waals surface area contributed by atoms with Crippen LogP contribution in [0.5, 0.6) is 0 Å². The highest BCUT2D eigenvalue weighted by Gasteiger charge is 2.27. The van der Waals surface area contributed by atoms with E-state index in [2.05, 4.69) is 27.9 Å². The van der Waals surface area contributed by atoms with Gasteiger partial charge in [-0.15, -0.1) is 24.0 Å². The number of carbonyl (C=O) groups is 2. The molecular weight excluding hydrogens is 397 g/mol. The molecule has 0 unspecified atom stereocenters. The van der Waals surface area contributed by atoms with E-state index in [1.807, 2.05) is 0 Å². The van der Waals surface area contributed by atoms with E-state index in [1.165, 1.54) is 17.7 Å². The molecule has 1 aliphatic heterocycles. The SMILES string of the molecule is CN=C(NCCN1C(=O)CNC1=O)NC1CCC(C)CC1.I. The van der Waals surface area contributed by atoms with E-state index >= 15 is 0 Å². The average molecular weight is 423 g/mol. The highest BCUT2D eigenvalue weighted by atomic mass is 127. The summed E-state index contributed by atoms with van der Waals surface area (Å²) in [5, 5.41) is 9.07. The zero-order valence-corrected chi connectivity index (χ0v) is 15.6. The molecular formula is C14H26IN5O2. The third kappa shape index (κ3) is 5.29. The summed E-state index contributed by atoms with van der Waals surface area (Å²) < 4.78 is 0. The fourth-order valence-corrected chi connectivity index (χ4v) is 2.76. The van der Waals surface area contributed by atoms with Crippen LogP contribution in [0.1, 0.15) is 32.6 Å². The Morgan fingerprint density at radius 3 is 2.55 bits per heavy atom. The quantitative estimate of drug-likeness (QED) is 0.272. The predicted molar refractivity (Wildman–Crippen MR) is 96.4 cm³/mol. The van der Waals surface area contributed by atoms with Crippen molar-refractivity contribution in [2.45, 2.75) is 38.6 Å². The van der Waals surface area contributed by atoms with Crippen molar-refractivity contribution >= 4 is 41.9 Å². The van der Waals surface area contributed by atoms with Crippen molar-refractivity contribution in [3.63, 3.8) is 0 Å². The minimum atomic E-state index is -0.314.